The standard InChI is InChI=1S/C21H33N3O4/c1-5-27-18-10-9-17(12-19(18)28-6-2)22-20(25)14-23(4)15-21(26)24-11-7-8-16(3)13-24/h9-10,12,16H,5-8,11,13-15H2,1-4H3,(H,22,25)/p+1/t16-/m0/s1. The average Bonchev–Trinajstić information content (AvgIpc) is 2.64. The molecule has 0 radical (unpaired) electrons. The molecule has 1 aromatic rings. The highest BCUT2D eigenvalue weighted by Crippen LogP contribution is 2.30. The number of benzene rings is 1. The highest BCUT2D eigenvalue weighted by molar-refractivity contribution is 5.92. The normalized spacial score (nSPS) is 17.7. The van der Waals surface area contributed by atoms with E-state index in [1.54, 1.807) is 18.2 Å². The monoisotopic (exact) mass is 392 g/mol. The molecule has 1 fully saturated rings. The smallest absolute Gasteiger partial charge is 0.279 e. The molecule has 7 nitrogen and oxygen atoms in total. The van der Waals surface area contributed by atoms with Crippen molar-refractivity contribution in [3.8, 4) is 11.5 Å². The molecular weight excluding hydrogens is 358 g/mol. The van der Waals surface area contributed by atoms with Gasteiger partial charge in [0.05, 0.1) is 20.3 Å². The summed E-state index contributed by atoms with van der Waals surface area (Å²) in [5.74, 6) is 1.81. The van der Waals surface area contributed by atoms with Gasteiger partial charge in [0.25, 0.3) is 11.8 Å². The van der Waals surface area contributed by atoms with Gasteiger partial charge in [0.15, 0.2) is 24.6 Å². The number of quaternary nitrogens is 1. The van der Waals surface area contributed by atoms with Crippen molar-refractivity contribution in [1.29, 1.82) is 0 Å². The van der Waals surface area contributed by atoms with Gasteiger partial charge in [-0.3, -0.25) is 9.59 Å². The number of nitrogens with zero attached hydrogens (tertiary/aromatic N) is 1. The third-order valence-electron chi connectivity index (χ3n) is 4.75. The molecule has 7 heteroatoms. The van der Waals surface area contributed by atoms with Crippen LogP contribution in [0, 0.1) is 5.92 Å². The number of likely N-dealkylation sites (N-methyl/N-ethyl adjacent to an activating group) is 1. The van der Waals surface area contributed by atoms with Crippen LogP contribution in [0.15, 0.2) is 18.2 Å². The second-order valence-corrected chi connectivity index (χ2v) is 7.47. The van der Waals surface area contributed by atoms with Crippen LogP contribution in [0.3, 0.4) is 0 Å². The highest BCUT2D eigenvalue weighted by atomic mass is 16.5. The third-order valence-corrected chi connectivity index (χ3v) is 4.75. The van der Waals surface area contributed by atoms with Gasteiger partial charge in [-0.25, -0.2) is 0 Å². The summed E-state index contributed by atoms with van der Waals surface area (Å²) in [4.78, 5) is 27.6. The van der Waals surface area contributed by atoms with Gasteiger partial charge in [-0.05, 0) is 44.7 Å². The van der Waals surface area contributed by atoms with E-state index in [-0.39, 0.29) is 18.4 Å². The van der Waals surface area contributed by atoms with Gasteiger partial charge < -0.3 is 24.6 Å². The third kappa shape index (κ3) is 6.71. The van der Waals surface area contributed by atoms with Crippen molar-refractivity contribution < 1.29 is 24.0 Å². The zero-order valence-electron chi connectivity index (χ0n) is 17.5. The van der Waals surface area contributed by atoms with Crippen molar-refractivity contribution in [2.24, 2.45) is 5.92 Å². The summed E-state index contributed by atoms with van der Waals surface area (Å²) in [6.07, 6.45) is 2.24. The number of ether oxygens (including phenoxy) is 2. The Kier molecular flexibility index (Phi) is 8.57. The Bertz CT molecular complexity index is 665. The van der Waals surface area contributed by atoms with Gasteiger partial charge in [-0.2, -0.15) is 0 Å². The lowest BCUT2D eigenvalue weighted by atomic mass is 10.0. The van der Waals surface area contributed by atoms with Crippen LogP contribution in [0.25, 0.3) is 0 Å². The van der Waals surface area contributed by atoms with Crippen molar-refractivity contribution in [3.05, 3.63) is 18.2 Å². The predicted molar refractivity (Wildman–Crippen MR) is 109 cm³/mol. The molecule has 2 rings (SSSR count). The van der Waals surface area contributed by atoms with E-state index in [2.05, 4.69) is 12.2 Å². The van der Waals surface area contributed by atoms with Crippen molar-refractivity contribution in [2.45, 2.75) is 33.6 Å². The quantitative estimate of drug-likeness (QED) is 0.662. The van der Waals surface area contributed by atoms with Crippen molar-refractivity contribution >= 4 is 17.5 Å². The fourth-order valence-electron chi connectivity index (χ4n) is 3.46. The Morgan fingerprint density at radius 3 is 2.57 bits per heavy atom. The first-order valence-electron chi connectivity index (χ1n) is 10.2. The van der Waals surface area contributed by atoms with E-state index in [9.17, 15) is 9.59 Å². The summed E-state index contributed by atoms with van der Waals surface area (Å²) in [7, 11) is 1.87. The summed E-state index contributed by atoms with van der Waals surface area (Å²) in [6, 6.07) is 5.35. The number of carbonyl (C=O) groups excluding carboxylic acids is 2. The molecule has 1 heterocycles. The molecule has 0 bridgehead atoms. The maximum atomic E-state index is 12.5. The van der Waals surface area contributed by atoms with Gasteiger partial charge in [-0.1, -0.05) is 6.92 Å². The summed E-state index contributed by atoms with van der Waals surface area (Å²) in [6.45, 7) is 9.26. The van der Waals surface area contributed by atoms with Crippen LogP contribution in [0.1, 0.15) is 33.6 Å². The van der Waals surface area contributed by atoms with E-state index in [1.807, 2.05) is 25.8 Å². The number of piperidine rings is 1. The molecule has 2 amide bonds. The summed E-state index contributed by atoms with van der Waals surface area (Å²) in [5.41, 5.74) is 0.654. The Hall–Kier alpha value is -2.28. The van der Waals surface area contributed by atoms with Crippen molar-refractivity contribution in [2.75, 3.05) is 51.8 Å². The van der Waals surface area contributed by atoms with Gasteiger partial charge >= 0.3 is 0 Å². The van der Waals surface area contributed by atoms with Crippen molar-refractivity contribution in [3.63, 3.8) is 0 Å². The molecule has 28 heavy (non-hydrogen) atoms. The summed E-state index contributed by atoms with van der Waals surface area (Å²) < 4.78 is 11.1. The van der Waals surface area contributed by atoms with Gasteiger partial charge in [0, 0.05) is 24.8 Å². The molecule has 0 spiro atoms. The van der Waals surface area contributed by atoms with Gasteiger partial charge in [-0.15, -0.1) is 0 Å². The van der Waals surface area contributed by atoms with Crippen LogP contribution in [0.4, 0.5) is 5.69 Å². The maximum absolute atomic E-state index is 12.5. The van der Waals surface area contributed by atoms with E-state index < -0.39 is 0 Å². The highest BCUT2D eigenvalue weighted by Gasteiger charge is 2.24. The molecule has 1 aliphatic rings. The largest absolute Gasteiger partial charge is 0.490 e. The zero-order valence-corrected chi connectivity index (χ0v) is 17.5. The van der Waals surface area contributed by atoms with E-state index in [4.69, 9.17) is 9.47 Å². The Balaban J connectivity index is 1.87. The molecule has 0 saturated carbocycles. The number of amides is 2. The molecular formula is C21H34N3O4+. The number of anilines is 1. The predicted octanol–water partition coefficient (Wildman–Crippen LogP) is 1.20. The van der Waals surface area contributed by atoms with Gasteiger partial charge in [0.2, 0.25) is 0 Å². The summed E-state index contributed by atoms with van der Waals surface area (Å²) in [5, 5.41) is 2.88. The topological polar surface area (TPSA) is 72.3 Å². The minimum Gasteiger partial charge on any atom is -0.490 e. The van der Waals surface area contributed by atoms with Crippen LogP contribution in [-0.4, -0.2) is 63.2 Å². The minimum absolute atomic E-state index is 0.122. The molecule has 1 unspecified atom stereocenters. The summed E-state index contributed by atoms with van der Waals surface area (Å²) >= 11 is 0. The first-order valence-corrected chi connectivity index (χ1v) is 10.2. The molecule has 1 saturated heterocycles. The Morgan fingerprint density at radius 2 is 1.89 bits per heavy atom. The molecule has 156 valence electrons. The Morgan fingerprint density at radius 1 is 1.18 bits per heavy atom. The first kappa shape index (κ1) is 22.0. The molecule has 1 aromatic carbocycles. The second-order valence-electron chi connectivity index (χ2n) is 7.47. The van der Waals surface area contributed by atoms with E-state index in [0.717, 1.165) is 24.4 Å². The first-order chi connectivity index (χ1) is 13.4. The molecule has 2 N–H and O–H groups in total. The molecule has 0 aliphatic carbocycles. The van der Waals surface area contributed by atoms with Crippen molar-refractivity contribution in [1.82, 2.24) is 4.90 Å². The van der Waals surface area contributed by atoms with E-state index in [0.29, 0.717) is 42.9 Å². The van der Waals surface area contributed by atoms with Crippen LogP contribution in [0.5, 0.6) is 11.5 Å². The Labute approximate surface area is 168 Å². The van der Waals surface area contributed by atoms with Crippen LogP contribution >= 0.6 is 0 Å². The molecule has 0 aromatic heterocycles. The van der Waals surface area contributed by atoms with Crippen LogP contribution in [0.2, 0.25) is 0 Å². The zero-order chi connectivity index (χ0) is 20.5. The number of hydrogen-bond donors (Lipinski definition) is 2. The number of likely N-dealkylation sites (tertiary alicyclic amines) is 1. The molecule has 2 atom stereocenters. The lowest BCUT2D eigenvalue weighted by Gasteiger charge is -2.31. The average molecular weight is 393 g/mol. The number of rotatable bonds is 9. The fourth-order valence-corrected chi connectivity index (χ4v) is 3.46. The van der Waals surface area contributed by atoms with E-state index >= 15 is 0 Å². The van der Waals surface area contributed by atoms with E-state index in [1.165, 1.54) is 6.42 Å². The fraction of sp³-hybridized carbons (Fsp3) is 0.619. The lowest BCUT2D eigenvalue weighted by molar-refractivity contribution is -0.862. The minimum atomic E-state index is -0.135. The van der Waals surface area contributed by atoms with Crippen LogP contribution in [-0.2, 0) is 9.59 Å². The number of hydrogen-bond acceptors (Lipinski definition) is 4. The number of nitrogens with one attached hydrogen (secondary N) is 2. The second kappa shape index (κ2) is 10.9. The van der Waals surface area contributed by atoms with Crippen LogP contribution < -0.4 is 19.7 Å². The SMILES string of the molecule is CCOc1ccc(NC(=O)C[NH+](C)CC(=O)N2CCC[C@H](C)C2)cc1OCC. The van der Waals surface area contributed by atoms with Gasteiger partial charge in [0.1, 0.15) is 0 Å². The number of carbonyl (C=O) groups is 2. The molecule has 1 aliphatic heterocycles. The maximum Gasteiger partial charge on any atom is 0.279 e. The lowest BCUT2D eigenvalue weighted by Crippen LogP contribution is -3.11.